The fourth-order valence-corrected chi connectivity index (χ4v) is 5.91. The van der Waals surface area contributed by atoms with E-state index in [0.717, 1.165) is 0 Å². The lowest BCUT2D eigenvalue weighted by Gasteiger charge is -2.45. The number of ether oxygens (including phenoxy) is 1. The van der Waals surface area contributed by atoms with Gasteiger partial charge in [0.05, 0.1) is 12.7 Å². The second-order valence-corrected chi connectivity index (χ2v) is 12.5. The van der Waals surface area contributed by atoms with Gasteiger partial charge < -0.3 is 15.0 Å². The topological polar surface area (TPSA) is 92.8 Å². The molecule has 1 fully saturated rings. The Kier molecular flexibility index (Phi) is 8.28. The van der Waals surface area contributed by atoms with Gasteiger partial charge in [0, 0.05) is 6.42 Å². The molecule has 1 aliphatic carbocycles. The van der Waals surface area contributed by atoms with Crippen molar-refractivity contribution in [1.82, 2.24) is 10.2 Å². The molecule has 2 aromatic carbocycles. The van der Waals surface area contributed by atoms with Crippen molar-refractivity contribution in [2.75, 3.05) is 7.11 Å². The van der Waals surface area contributed by atoms with Gasteiger partial charge in [-0.2, -0.15) is 0 Å². The van der Waals surface area contributed by atoms with E-state index in [0.29, 0.717) is 30.4 Å². The SMILES string of the molecule is COC(=O)c1ccc([C@H](C(=O)CC(C)(C)C)N2C(=O)[C@@H](C3Cc4ccccc4C3)NC(=O)[C@H]2CC(C)C)cc1. The number of amides is 2. The lowest BCUT2D eigenvalue weighted by molar-refractivity contribution is -0.157. The van der Waals surface area contributed by atoms with Crippen molar-refractivity contribution < 1.29 is 23.9 Å². The molecular formula is C32H40N2O5. The summed E-state index contributed by atoms with van der Waals surface area (Å²) in [5, 5.41) is 3.05. The number of esters is 1. The van der Waals surface area contributed by atoms with E-state index in [1.54, 1.807) is 29.2 Å². The Hall–Kier alpha value is -3.48. The van der Waals surface area contributed by atoms with Crippen molar-refractivity contribution in [3.8, 4) is 0 Å². The fourth-order valence-electron chi connectivity index (χ4n) is 5.91. The number of carbonyl (C=O) groups excluding carboxylic acids is 4. The second-order valence-electron chi connectivity index (χ2n) is 12.5. The summed E-state index contributed by atoms with van der Waals surface area (Å²) in [5.41, 5.74) is 3.01. The van der Waals surface area contributed by atoms with Crippen molar-refractivity contribution in [2.45, 2.75) is 78.4 Å². The molecule has 4 rings (SSSR count). The second kappa shape index (κ2) is 11.3. The molecule has 0 unspecified atom stereocenters. The summed E-state index contributed by atoms with van der Waals surface area (Å²) in [6, 6.07) is 12.3. The Bertz CT molecular complexity index is 1220. The zero-order valence-corrected chi connectivity index (χ0v) is 23.8. The molecule has 2 amide bonds. The summed E-state index contributed by atoms with van der Waals surface area (Å²) in [4.78, 5) is 55.7. The van der Waals surface area contributed by atoms with E-state index in [9.17, 15) is 19.2 Å². The van der Waals surface area contributed by atoms with E-state index in [2.05, 4.69) is 17.4 Å². The number of piperazine rings is 1. The summed E-state index contributed by atoms with van der Waals surface area (Å²) in [6.07, 6.45) is 2.07. The summed E-state index contributed by atoms with van der Waals surface area (Å²) in [5.74, 6) is -0.999. The van der Waals surface area contributed by atoms with Gasteiger partial charge in [0.1, 0.15) is 18.1 Å². The summed E-state index contributed by atoms with van der Waals surface area (Å²) < 4.78 is 4.83. The van der Waals surface area contributed by atoms with Crippen LogP contribution >= 0.6 is 0 Å². The van der Waals surface area contributed by atoms with Gasteiger partial charge in [0.15, 0.2) is 5.78 Å². The number of rotatable bonds is 8. The first-order valence-electron chi connectivity index (χ1n) is 13.8. The molecule has 0 aromatic heterocycles. The molecule has 0 spiro atoms. The number of fused-ring (bicyclic) bond motifs is 1. The van der Waals surface area contributed by atoms with E-state index in [1.165, 1.54) is 18.2 Å². The Morgan fingerprint density at radius 2 is 1.59 bits per heavy atom. The maximum atomic E-state index is 14.4. The molecule has 1 saturated heterocycles. The lowest BCUT2D eigenvalue weighted by atomic mass is 9.83. The third kappa shape index (κ3) is 6.23. The van der Waals surface area contributed by atoms with E-state index >= 15 is 0 Å². The molecule has 208 valence electrons. The highest BCUT2D eigenvalue weighted by molar-refractivity contribution is 6.01. The summed E-state index contributed by atoms with van der Waals surface area (Å²) >= 11 is 0. The molecule has 7 heteroatoms. The molecule has 0 saturated carbocycles. The first-order chi connectivity index (χ1) is 18.4. The van der Waals surface area contributed by atoms with Crippen LogP contribution in [0.1, 0.15) is 80.6 Å². The molecule has 39 heavy (non-hydrogen) atoms. The molecule has 1 heterocycles. The van der Waals surface area contributed by atoms with Crippen molar-refractivity contribution in [2.24, 2.45) is 17.3 Å². The Morgan fingerprint density at radius 1 is 1.00 bits per heavy atom. The van der Waals surface area contributed by atoms with Crippen LogP contribution in [0.3, 0.4) is 0 Å². The highest BCUT2D eigenvalue weighted by Crippen LogP contribution is 2.37. The Morgan fingerprint density at radius 3 is 2.10 bits per heavy atom. The van der Waals surface area contributed by atoms with Gasteiger partial charge in [-0.05, 0) is 65.3 Å². The molecular weight excluding hydrogens is 492 g/mol. The fraction of sp³-hybridized carbons (Fsp3) is 0.500. The highest BCUT2D eigenvalue weighted by atomic mass is 16.5. The molecule has 7 nitrogen and oxygen atoms in total. The number of hydrogen-bond donors (Lipinski definition) is 1. The van der Waals surface area contributed by atoms with Crippen LogP contribution in [0.4, 0.5) is 0 Å². The van der Waals surface area contributed by atoms with Gasteiger partial charge in [0.2, 0.25) is 11.8 Å². The van der Waals surface area contributed by atoms with E-state index in [1.807, 2.05) is 46.8 Å². The Balaban J connectivity index is 1.77. The average molecular weight is 533 g/mol. The minimum Gasteiger partial charge on any atom is -0.465 e. The third-order valence-electron chi connectivity index (χ3n) is 7.64. The number of hydrogen-bond acceptors (Lipinski definition) is 5. The number of ketones is 1. The van der Waals surface area contributed by atoms with Gasteiger partial charge in [-0.3, -0.25) is 14.4 Å². The Labute approximate surface area is 231 Å². The maximum absolute atomic E-state index is 14.4. The van der Waals surface area contributed by atoms with Gasteiger partial charge in [-0.15, -0.1) is 0 Å². The van der Waals surface area contributed by atoms with Crippen molar-refractivity contribution >= 4 is 23.6 Å². The van der Waals surface area contributed by atoms with Gasteiger partial charge in [0.25, 0.3) is 0 Å². The van der Waals surface area contributed by atoms with Crippen LogP contribution in [0.2, 0.25) is 0 Å². The van der Waals surface area contributed by atoms with Crippen LogP contribution in [0.5, 0.6) is 0 Å². The van der Waals surface area contributed by atoms with Crippen molar-refractivity contribution in [1.29, 1.82) is 0 Å². The predicted molar refractivity (Wildman–Crippen MR) is 149 cm³/mol. The van der Waals surface area contributed by atoms with Gasteiger partial charge in [-0.25, -0.2) is 4.79 Å². The van der Waals surface area contributed by atoms with Crippen molar-refractivity contribution in [3.63, 3.8) is 0 Å². The molecule has 0 radical (unpaired) electrons. The standard InChI is InChI=1S/C32H40N2O5/c1-19(2)15-25-29(36)33-27(24-16-22-9-7-8-10-23(22)17-24)30(37)34(25)28(26(35)18-32(3,4)5)20-11-13-21(14-12-20)31(38)39-6/h7-14,19,24-25,27-28H,15-18H2,1-6H3,(H,33,36)/t25-,27-,28-/m1/s1. The molecule has 3 atom stereocenters. The summed E-state index contributed by atoms with van der Waals surface area (Å²) in [6.45, 7) is 9.96. The van der Waals surface area contributed by atoms with Crippen molar-refractivity contribution in [3.05, 3.63) is 70.8 Å². The van der Waals surface area contributed by atoms with E-state index in [-0.39, 0.29) is 41.3 Å². The van der Waals surface area contributed by atoms with Crippen LogP contribution in [-0.4, -0.2) is 47.7 Å². The molecule has 1 aliphatic heterocycles. The first kappa shape index (κ1) is 28.5. The van der Waals surface area contributed by atoms with Gasteiger partial charge >= 0.3 is 5.97 Å². The molecule has 2 aromatic rings. The molecule has 2 aliphatic rings. The largest absolute Gasteiger partial charge is 0.465 e. The normalized spacial score (nSPS) is 20.5. The van der Waals surface area contributed by atoms with E-state index in [4.69, 9.17) is 4.74 Å². The highest BCUT2D eigenvalue weighted by Gasteiger charge is 2.49. The average Bonchev–Trinajstić information content (AvgIpc) is 3.30. The number of carbonyl (C=O) groups is 4. The minimum absolute atomic E-state index is 0.0820. The van der Waals surface area contributed by atoms with Crippen LogP contribution in [0.15, 0.2) is 48.5 Å². The number of nitrogens with one attached hydrogen (secondary N) is 1. The van der Waals surface area contributed by atoms with Crippen LogP contribution < -0.4 is 5.32 Å². The maximum Gasteiger partial charge on any atom is 0.337 e. The summed E-state index contributed by atoms with van der Waals surface area (Å²) in [7, 11) is 1.31. The number of nitrogens with zero attached hydrogens (tertiary/aromatic N) is 1. The van der Waals surface area contributed by atoms with Crippen LogP contribution in [0, 0.1) is 17.3 Å². The zero-order valence-electron chi connectivity index (χ0n) is 23.8. The number of benzene rings is 2. The molecule has 0 bridgehead atoms. The lowest BCUT2D eigenvalue weighted by Crippen LogP contribution is -2.66. The van der Waals surface area contributed by atoms with E-state index < -0.39 is 24.1 Å². The predicted octanol–water partition coefficient (Wildman–Crippen LogP) is 4.68. The van der Waals surface area contributed by atoms with Crippen LogP contribution in [-0.2, 0) is 32.0 Å². The quantitative estimate of drug-likeness (QED) is 0.499. The number of methoxy groups -OCH3 is 1. The van der Waals surface area contributed by atoms with Crippen LogP contribution in [0.25, 0.3) is 0 Å². The smallest absolute Gasteiger partial charge is 0.337 e. The minimum atomic E-state index is -0.940. The number of Topliss-reactive ketones (excluding diaryl/α,β-unsaturated/α-hetero) is 1. The third-order valence-corrected chi connectivity index (χ3v) is 7.64. The van der Waals surface area contributed by atoms with Gasteiger partial charge in [-0.1, -0.05) is 71.0 Å². The first-order valence-corrected chi connectivity index (χ1v) is 13.8. The monoisotopic (exact) mass is 532 g/mol. The molecule has 1 N–H and O–H groups in total. The zero-order chi connectivity index (χ0) is 28.5.